The van der Waals surface area contributed by atoms with E-state index in [0.717, 1.165) is 31.0 Å². The van der Waals surface area contributed by atoms with Gasteiger partial charge in [-0.2, -0.15) is 0 Å². The molecule has 146 valence electrons. The van der Waals surface area contributed by atoms with Crippen molar-refractivity contribution in [2.24, 2.45) is 4.99 Å². The Balaban J connectivity index is 1.60. The molecule has 1 amide bonds. The molecule has 3 N–H and O–H groups in total. The Labute approximate surface area is 165 Å². The van der Waals surface area contributed by atoms with Crippen molar-refractivity contribution in [2.45, 2.75) is 30.4 Å². The van der Waals surface area contributed by atoms with Gasteiger partial charge >= 0.3 is 0 Å². The topological polar surface area (TPSA) is 78.7 Å². The summed E-state index contributed by atoms with van der Waals surface area (Å²) in [4.78, 5) is 17.4. The first-order valence-electron chi connectivity index (χ1n) is 9.08. The number of nitrogens with one attached hydrogen (secondary N) is 3. The van der Waals surface area contributed by atoms with Crippen LogP contribution < -0.4 is 16.0 Å². The molecular weight excluding hydrogens is 360 g/mol. The van der Waals surface area contributed by atoms with Crippen LogP contribution in [-0.4, -0.2) is 43.8 Å². The minimum Gasteiger partial charge on any atom is -0.459 e. The second-order valence-electron chi connectivity index (χ2n) is 6.16. The lowest BCUT2D eigenvalue weighted by molar-refractivity contribution is 0.0925. The van der Waals surface area contributed by atoms with Crippen LogP contribution in [0, 0.1) is 6.92 Å². The van der Waals surface area contributed by atoms with Crippen LogP contribution in [0.2, 0.25) is 0 Å². The Bertz CT molecular complexity index is 731. The van der Waals surface area contributed by atoms with Crippen molar-refractivity contribution in [3.63, 3.8) is 0 Å². The van der Waals surface area contributed by atoms with E-state index < -0.39 is 0 Å². The van der Waals surface area contributed by atoms with Crippen molar-refractivity contribution >= 4 is 23.6 Å². The van der Waals surface area contributed by atoms with Crippen LogP contribution in [0.15, 0.2) is 57.0 Å². The standard InChI is InChI=1S/C20H28N4O2S/c1-15-10-13-26-18(15)19(25)22-11-7-12-23-20(21-3)24-14-16(2)27-17-8-5-4-6-9-17/h4-6,8-10,13,16H,7,11-12,14H2,1-3H3,(H,22,25)(H2,21,23,24). The van der Waals surface area contributed by atoms with Crippen LogP contribution in [0.4, 0.5) is 0 Å². The fourth-order valence-electron chi connectivity index (χ4n) is 2.42. The minimum atomic E-state index is -0.174. The highest BCUT2D eigenvalue weighted by Crippen LogP contribution is 2.21. The highest BCUT2D eigenvalue weighted by Gasteiger charge is 2.11. The highest BCUT2D eigenvalue weighted by molar-refractivity contribution is 8.00. The van der Waals surface area contributed by atoms with Gasteiger partial charge in [-0.1, -0.05) is 25.1 Å². The lowest BCUT2D eigenvalue weighted by Crippen LogP contribution is -2.41. The maximum Gasteiger partial charge on any atom is 0.287 e. The number of hydrogen-bond acceptors (Lipinski definition) is 4. The molecule has 1 heterocycles. The predicted molar refractivity (Wildman–Crippen MR) is 112 cm³/mol. The molecule has 0 aliphatic heterocycles. The number of thioether (sulfide) groups is 1. The van der Waals surface area contributed by atoms with Crippen molar-refractivity contribution in [2.75, 3.05) is 26.7 Å². The number of benzene rings is 1. The maximum atomic E-state index is 11.9. The lowest BCUT2D eigenvalue weighted by Gasteiger charge is -2.16. The molecule has 0 saturated carbocycles. The van der Waals surface area contributed by atoms with E-state index in [0.29, 0.717) is 17.6 Å². The van der Waals surface area contributed by atoms with Crippen molar-refractivity contribution in [1.82, 2.24) is 16.0 Å². The van der Waals surface area contributed by atoms with Gasteiger partial charge in [0.2, 0.25) is 0 Å². The summed E-state index contributed by atoms with van der Waals surface area (Å²) in [5.41, 5.74) is 0.845. The smallest absolute Gasteiger partial charge is 0.287 e. The molecule has 0 aliphatic rings. The molecule has 0 aliphatic carbocycles. The van der Waals surface area contributed by atoms with E-state index in [-0.39, 0.29) is 5.91 Å². The molecule has 1 unspecified atom stereocenters. The van der Waals surface area contributed by atoms with Gasteiger partial charge in [0.1, 0.15) is 0 Å². The summed E-state index contributed by atoms with van der Waals surface area (Å²) in [5, 5.41) is 9.88. The molecule has 0 bridgehead atoms. The summed E-state index contributed by atoms with van der Waals surface area (Å²) in [6.07, 6.45) is 2.32. The Kier molecular flexibility index (Phi) is 8.77. The van der Waals surface area contributed by atoms with Crippen LogP contribution in [-0.2, 0) is 0 Å². The summed E-state index contributed by atoms with van der Waals surface area (Å²) in [6, 6.07) is 12.1. The van der Waals surface area contributed by atoms with Gasteiger partial charge in [-0.25, -0.2) is 0 Å². The summed E-state index contributed by atoms with van der Waals surface area (Å²) in [6.45, 7) is 6.14. The summed E-state index contributed by atoms with van der Waals surface area (Å²) in [7, 11) is 1.76. The van der Waals surface area contributed by atoms with Crippen LogP contribution in [0.25, 0.3) is 0 Å². The highest BCUT2D eigenvalue weighted by atomic mass is 32.2. The molecule has 0 saturated heterocycles. The number of furan rings is 1. The van der Waals surface area contributed by atoms with Gasteiger partial charge in [0, 0.05) is 42.4 Å². The van der Waals surface area contributed by atoms with Gasteiger partial charge in [0.15, 0.2) is 11.7 Å². The van der Waals surface area contributed by atoms with Crippen LogP contribution in [0.3, 0.4) is 0 Å². The fraction of sp³-hybridized carbons (Fsp3) is 0.400. The number of guanidine groups is 1. The second-order valence-corrected chi connectivity index (χ2v) is 7.68. The fourth-order valence-corrected chi connectivity index (χ4v) is 3.36. The van der Waals surface area contributed by atoms with Gasteiger partial charge in [-0.15, -0.1) is 11.8 Å². The number of aliphatic imine (C=N–C) groups is 1. The molecule has 27 heavy (non-hydrogen) atoms. The van der Waals surface area contributed by atoms with E-state index in [4.69, 9.17) is 4.42 Å². The number of carbonyl (C=O) groups is 1. The molecular formula is C20H28N4O2S. The third-order valence-electron chi connectivity index (χ3n) is 3.86. The molecule has 0 fully saturated rings. The molecule has 2 aromatic rings. The predicted octanol–water partition coefficient (Wildman–Crippen LogP) is 3.05. The zero-order valence-corrected chi connectivity index (χ0v) is 16.9. The van der Waals surface area contributed by atoms with Crippen molar-refractivity contribution in [3.05, 3.63) is 54.0 Å². The molecule has 1 aromatic carbocycles. The number of aryl methyl sites for hydroxylation is 1. The van der Waals surface area contributed by atoms with E-state index >= 15 is 0 Å². The van der Waals surface area contributed by atoms with Gasteiger partial charge in [0.25, 0.3) is 5.91 Å². The summed E-state index contributed by atoms with van der Waals surface area (Å²) in [5.74, 6) is 0.973. The van der Waals surface area contributed by atoms with Gasteiger partial charge in [-0.3, -0.25) is 9.79 Å². The number of carbonyl (C=O) groups excluding carboxylic acids is 1. The van der Waals surface area contributed by atoms with Crippen LogP contribution >= 0.6 is 11.8 Å². The Hall–Kier alpha value is -2.41. The van der Waals surface area contributed by atoms with E-state index in [9.17, 15) is 4.79 Å². The third kappa shape index (κ3) is 7.38. The Morgan fingerprint density at radius 3 is 2.56 bits per heavy atom. The first-order valence-corrected chi connectivity index (χ1v) is 9.96. The molecule has 7 heteroatoms. The normalized spacial score (nSPS) is 12.5. The molecule has 6 nitrogen and oxygen atoms in total. The van der Waals surface area contributed by atoms with Gasteiger partial charge < -0.3 is 20.4 Å². The lowest BCUT2D eigenvalue weighted by atomic mass is 10.2. The average Bonchev–Trinajstić information content (AvgIpc) is 3.10. The monoisotopic (exact) mass is 388 g/mol. The van der Waals surface area contributed by atoms with Crippen molar-refractivity contribution in [3.8, 4) is 0 Å². The largest absolute Gasteiger partial charge is 0.459 e. The average molecular weight is 389 g/mol. The van der Waals surface area contributed by atoms with Crippen molar-refractivity contribution < 1.29 is 9.21 Å². The van der Waals surface area contributed by atoms with Gasteiger partial charge in [-0.05, 0) is 31.5 Å². The maximum absolute atomic E-state index is 11.9. The summed E-state index contributed by atoms with van der Waals surface area (Å²) >= 11 is 1.83. The number of rotatable bonds is 9. The molecule has 1 aromatic heterocycles. The van der Waals surface area contributed by atoms with E-state index in [1.807, 2.05) is 24.8 Å². The molecule has 0 radical (unpaired) electrons. The van der Waals surface area contributed by atoms with Crippen LogP contribution in [0.5, 0.6) is 0 Å². The quantitative estimate of drug-likeness (QED) is 0.266. The molecule has 2 rings (SSSR count). The number of nitrogens with zero attached hydrogens (tertiary/aromatic N) is 1. The number of hydrogen-bond donors (Lipinski definition) is 3. The zero-order chi connectivity index (χ0) is 19.5. The Morgan fingerprint density at radius 1 is 1.15 bits per heavy atom. The van der Waals surface area contributed by atoms with E-state index in [1.165, 1.54) is 11.2 Å². The van der Waals surface area contributed by atoms with E-state index in [1.54, 1.807) is 13.1 Å². The van der Waals surface area contributed by atoms with Crippen LogP contribution in [0.1, 0.15) is 29.5 Å². The third-order valence-corrected chi connectivity index (χ3v) is 4.97. The zero-order valence-electron chi connectivity index (χ0n) is 16.1. The first-order chi connectivity index (χ1) is 13.1. The molecule has 0 spiro atoms. The van der Waals surface area contributed by atoms with Gasteiger partial charge in [0.05, 0.1) is 6.26 Å². The minimum absolute atomic E-state index is 0.174. The first kappa shape index (κ1) is 20.9. The second kappa shape index (κ2) is 11.3. The summed E-state index contributed by atoms with van der Waals surface area (Å²) < 4.78 is 5.18. The van der Waals surface area contributed by atoms with Crippen molar-refractivity contribution in [1.29, 1.82) is 0 Å². The molecule has 1 atom stereocenters. The number of amides is 1. The SMILES string of the molecule is CN=C(NCCCNC(=O)c1occc1C)NCC(C)Sc1ccccc1. The Morgan fingerprint density at radius 2 is 1.89 bits per heavy atom. The van der Waals surface area contributed by atoms with E-state index in [2.05, 4.69) is 52.1 Å².